The van der Waals surface area contributed by atoms with Gasteiger partial charge in [-0.05, 0) is 71.1 Å². The first-order valence-electron chi connectivity index (χ1n) is 11.0. The van der Waals surface area contributed by atoms with E-state index in [1.54, 1.807) is 23.1 Å². The molecule has 0 aliphatic rings. The molecule has 0 N–H and O–H groups in total. The van der Waals surface area contributed by atoms with Gasteiger partial charge in [0.1, 0.15) is 5.75 Å². The van der Waals surface area contributed by atoms with E-state index in [4.69, 9.17) is 4.74 Å². The van der Waals surface area contributed by atoms with Gasteiger partial charge in [0.25, 0.3) is 0 Å². The minimum Gasteiger partial charge on any atom is -0.497 e. The molecule has 4 rings (SSSR count). The number of thioether (sulfide) groups is 1. The Morgan fingerprint density at radius 1 is 1.18 bits per heavy atom. The zero-order valence-corrected chi connectivity index (χ0v) is 21.1. The molecule has 34 heavy (non-hydrogen) atoms. The summed E-state index contributed by atoms with van der Waals surface area (Å²) in [6.45, 7) is 4.65. The summed E-state index contributed by atoms with van der Waals surface area (Å²) >= 11 is 3.07. The summed E-state index contributed by atoms with van der Waals surface area (Å²) in [7, 11) is 1.65. The second-order valence-electron chi connectivity index (χ2n) is 8.00. The molecular weight excluding hydrogens is 466 g/mol. The lowest BCUT2D eigenvalue weighted by Crippen LogP contribution is -2.40. The number of hydrogen-bond donors (Lipinski definition) is 0. The molecule has 2 heterocycles. The third-order valence-corrected chi connectivity index (χ3v) is 7.26. The highest BCUT2D eigenvalue weighted by Gasteiger charge is 2.22. The van der Waals surface area contributed by atoms with Gasteiger partial charge in [0.05, 0.1) is 18.6 Å². The van der Waals surface area contributed by atoms with Crippen LogP contribution < -0.4 is 4.74 Å². The second-order valence-corrected chi connectivity index (χ2v) is 9.98. The molecular formula is C25H27N5O2S2. The van der Waals surface area contributed by atoms with Crippen molar-refractivity contribution in [1.82, 2.24) is 25.1 Å². The average Bonchev–Trinajstić information content (AvgIpc) is 3.53. The highest BCUT2D eigenvalue weighted by atomic mass is 32.2. The number of amides is 1. The van der Waals surface area contributed by atoms with Gasteiger partial charge < -0.3 is 9.64 Å². The van der Waals surface area contributed by atoms with Crippen LogP contribution in [0.25, 0.3) is 5.69 Å². The highest BCUT2D eigenvalue weighted by Crippen LogP contribution is 2.22. The molecule has 2 aromatic carbocycles. The Hall–Kier alpha value is -3.17. The van der Waals surface area contributed by atoms with E-state index in [9.17, 15) is 4.79 Å². The Kier molecular flexibility index (Phi) is 7.97. The van der Waals surface area contributed by atoms with Gasteiger partial charge in [-0.1, -0.05) is 42.1 Å². The van der Waals surface area contributed by atoms with Gasteiger partial charge in [0, 0.05) is 23.9 Å². The van der Waals surface area contributed by atoms with Crippen LogP contribution >= 0.6 is 23.1 Å². The molecule has 9 heteroatoms. The summed E-state index contributed by atoms with van der Waals surface area (Å²) < 4.78 is 6.94. The van der Waals surface area contributed by atoms with Crippen LogP contribution in [0.5, 0.6) is 5.75 Å². The molecule has 0 saturated carbocycles. The van der Waals surface area contributed by atoms with Crippen molar-refractivity contribution in [3.8, 4) is 11.4 Å². The van der Waals surface area contributed by atoms with E-state index in [2.05, 4.69) is 33.9 Å². The number of carbonyl (C=O) groups excluding carboxylic acids is 1. The predicted molar refractivity (Wildman–Crippen MR) is 136 cm³/mol. The van der Waals surface area contributed by atoms with Crippen LogP contribution in [0.15, 0.2) is 71.2 Å². The van der Waals surface area contributed by atoms with Gasteiger partial charge in [-0.25, -0.2) is 0 Å². The van der Waals surface area contributed by atoms with Crippen LogP contribution in [0, 0.1) is 6.92 Å². The number of thiophene rings is 1. The second kappa shape index (κ2) is 11.3. The number of benzene rings is 2. The third kappa shape index (κ3) is 6.03. The number of methoxy groups -OCH3 is 1. The SMILES string of the molecule is COc1ccc(CN(C(=O)CSc2nnnn2-c2cccc(C)c2)C(C)Cc2cccs2)cc1. The third-order valence-electron chi connectivity index (χ3n) is 5.45. The van der Waals surface area contributed by atoms with Gasteiger partial charge in [-0.3, -0.25) is 4.79 Å². The maximum absolute atomic E-state index is 13.4. The van der Waals surface area contributed by atoms with Crippen molar-refractivity contribution in [2.45, 2.75) is 38.0 Å². The van der Waals surface area contributed by atoms with Crippen LogP contribution in [0.2, 0.25) is 0 Å². The molecule has 4 aromatic rings. The summed E-state index contributed by atoms with van der Waals surface area (Å²) in [5.41, 5.74) is 3.05. The van der Waals surface area contributed by atoms with Crippen LogP contribution in [0.1, 0.15) is 22.9 Å². The smallest absolute Gasteiger partial charge is 0.233 e. The molecule has 0 aliphatic heterocycles. The van der Waals surface area contributed by atoms with Crippen LogP contribution in [0.4, 0.5) is 0 Å². The Morgan fingerprint density at radius 2 is 2.00 bits per heavy atom. The Morgan fingerprint density at radius 3 is 2.71 bits per heavy atom. The molecule has 7 nitrogen and oxygen atoms in total. The lowest BCUT2D eigenvalue weighted by atomic mass is 10.1. The molecule has 0 aliphatic carbocycles. The molecule has 0 bridgehead atoms. The van der Waals surface area contributed by atoms with E-state index in [0.717, 1.165) is 29.0 Å². The molecule has 2 aromatic heterocycles. The standard InChI is InChI=1S/C25H27N5O2S2/c1-18-6-4-7-21(14-18)30-25(26-27-28-30)34-17-24(31)29(19(2)15-23-8-5-13-33-23)16-20-9-11-22(32-3)12-10-20/h4-14,19H,15-17H2,1-3H3. The monoisotopic (exact) mass is 493 g/mol. The Balaban J connectivity index is 1.49. The van der Waals surface area contributed by atoms with Crippen LogP contribution in [-0.2, 0) is 17.8 Å². The van der Waals surface area contributed by atoms with Crippen molar-refractivity contribution in [2.75, 3.05) is 12.9 Å². The normalized spacial score (nSPS) is 11.9. The van der Waals surface area contributed by atoms with Crippen LogP contribution in [0.3, 0.4) is 0 Å². The highest BCUT2D eigenvalue weighted by molar-refractivity contribution is 7.99. The van der Waals surface area contributed by atoms with E-state index in [1.165, 1.54) is 16.6 Å². The summed E-state index contributed by atoms with van der Waals surface area (Å²) in [5.74, 6) is 1.09. The number of ether oxygens (including phenoxy) is 1. The Bertz CT molecular complexity index is 1210. The molecule has 1 unspecified atom stereocenters. The first-order chi connectivity index (χ1) is 16.5. The van der Waals surface area contributed by atoms with Crippen molar-refractivity contribution in [2.24, 2.45) is 0 Å². The fourth-order valence-corrected chi connectivity index (χ4v) is 5.25. The zero-order valence-electron chi connectivity index (χ0n) is 19.4. The first kappa shape index (κ1) is 24.0. The molecule has 0 fully saturated rings. The number of aromatic nitrogens is 4. The minimum atomic E-state index is 0.0432. The van der Waals surface area contributed by atoms with Crippen molar-refractivity contribution >= 4 is 29.0 Å². The average molecular weight is 494 g/mol. The quantitative estimate of drug-likeness (QED) is 0.296. The Labute approximate surface area is 207 Å². The molecule has 0 saturated heterocycles. The molecule has 0 radical (unpaired) electrons. The molecule has 1 amide bonds. The zero-order chi connectivity index (χ0) is 23.9. The number of carbonyl (C=O) groups is 1. The van der Waals surface area contributed by atoms with Gasteiger partial charge in [0.2, 0.25) is 11.1 Å². The number of aryl methyl sites for hydroxylation is 1. The largest absolute Gasteiger partial charge is 0.497 e. The van der Waals surface area contributed by atoms with Crippen molar-refractivity contribution in [1.29, 1.82) is 0 Å². The van der Waals surface area contributed by atoms with Gasteiger partial charge in [-0.15, -0.1) is 16.4 Å². The van der Waals surface area contributed by atoms with E-state index >= 15 is 0 Å². The van der Waals surface area contributed by atoms with E-state index in [0.29, 0.717) is 11.7 Å². The minimum absolute atomic E-state index is 0.0432. The molecule has 1 atom stereocenters. The van der Waals surface area contributed by atoms with Gasteiger partial charge in [0.15, 0.2) is 0 Å². The predicted octanol–water partition coefficient (Wildman–Crippen LogP) is 4.79. The topological polar surface area (TPSA) is 73.1 Å². The fraction of sp³-hybridized carbons (Fsp3) is 0.280. The van der Waals surface area contributed by atoms with Gasteiger partial charge >= 0.3 is 0 Å². The maximum Gasteiger partial charge on any atom is 0.233 e. The lowest BCUT2D eigenvalue weighted by Gasteiger charge is -2.29. The summed E-state index contributed by atoms with van der Waals surface area (Å²) in [6, 6.07) is 20.0. The lowest BCUT2D eigenvalue weighted by molar-refractivity contribution is -0.131. The summed E-state index contributed by atoms with van der Waals surface area (Å²) in [4.78, 5) is 16.6. The maximum atomic E-state index is 13.4. The van der Waals surface area contributed by atoms with E-state index in [-0.39, 0.29) is 17.7 Å². The summed E-state index contributed by atoms with van der Waals surface area (Å²) in [6.07, 6.45) is 0.811. The van der Waals surface area contributed by atoms with E-state index < -0.39 is 0 Å². The summed E-state index contributed by atoms with van der Waals surface area (Å²) in [5, 5.41) is 14.7. The van der Waals surface area contributed by atoms with Crippen LogP contribution in [-0.4, -0.2) is 49.9 Å². The number of hydrogen-bond acceptors (Lipinski definition) is 7. The van der Waals surface area contributed by atoms with Crippen molar-refractivity contribution in [3.63, 3.8) is 0 Å². The van der Waals surface area contributed by atoms with Crippen molar-refractivity contribution < 1.29 is 9.53 Å². The molecule has 0 spiro atoms. The van der Waals surface area contributed by atoms with Gasteiger partial charge in [-0.2, -0.15) is 4.68 Å². The molecule has 176 valence electrons. The van der Waals surface area contributed by atoms with E-state index in [1.807, 2.05) is 66.4 Å². The van der Waals surface area contributed by atoms with Crippen molar-refractivity contribution in [3.05, 3.63) is 82.0 Å². The number of tetrazole rings is 1. The number of nitrogens with zero attached hydrogens (tertiary/aromatic N) is 5. The number of rotatable bonds is 10. The fourth-order valence-electron chi connectivity index (χ4n) is 3.65. The first-order valence-corrected chi connectivity index (χ1v) is 12.8.